The number of ketones is 4. The Balaban J connectivity index is 3.02. The largest absolute Gasteiger partial charge is 0.443 e. The van der Waals surface area contributed by atoms with Crippen molar-refractivity contribution in [3.63, 3.8) is 0 Å². The van der Waals surface area contributed by atoms with Crippen molar-refractivity contribution < 1.29 is 83.1 Å². The Morgan fingerprint density at radius 2 is 1.32 bits per heavy atom. The van der Waals surface area contributed by atoms with Crippen molar-refractivity contribution in [2.75, 3.05) is 6.61 Å². The summed E-state index contributed by atoms with van der Waals surface area (Å²) in [7, 11) is 0. The van der Waals surface area contributed by atoms with Gasteiger partial charge in [0.15, 0.2) is 36.0 Å². The van der Waals surface area contributed by atoms with Gasteiger partial charge in [0.2, 0.25) is 17.0 Å². The quantitative estimate of drug-likeness (QED) is 0.103. The van der Waals surface area contributed by atoms with Crippen LogP contribution in [0.15, 0.2) is 0 Å². The second kappa shape index (κ2) is 12.2. The molecule has 0 aromatic carbocycles. The zero-order chi connectivity index (χ0) is 31.8. The van der Waals surface area contributed by atoms with Crippen molar-refractivity contribution in [3.05, 3.63) is 0 Å². The minimum atomic E-state index is -3.60. The van der Waals surface area contributed by atoms with E-state index in [-0.39, 0.29) is 0 Å². The molecular formula is C24H34O17. The molecule has 17 nitrogen and oxygen atoms in total. The van der Waals surface area contributed by atoms with E-state index in [9.17, 15) is 59.4 Å². The molecule has 11 atom stereocenters. The van der Waals surface area contributed by atoms with Gasteiger partial charge in [0.1, 0.15) is 30.5 Å². The summed E-state index contributed by atoms with van der Waals surface area (Å²) in [6.45, 7) is 3.24. The molecule has 6 N–H and O–H groups in total. The van der Waals surface area contributed by atoms with Gasteiger partial charge in [-0.2, -0.15) is 0 Å². The second-order valence-electron chi connectivity index (χ2n) is 9.76. The molecule has 0 saturated carbocycles. The number of ether oxygens (including phenoxy) is 5. The normalized spacial score (nSPS) is 39.8. The molecule has 232 valence electrons. The molecule has 2 saturated heterocycles. The van der Waals surface area contributed by atoms with E-state index in [4.69, 9.17) is 23.7 Å². The van der Waals surface area contributed by atoms with Crippen LogP contribution in [0.5, 0.6) is 0 Å². The summed E-state index contributed by atoms with van der Waals surface area (Å²) in [5.41, 5.74) is -10.6. The molecule has 2 fully saturated rings. The molecule has 2 heterocycles. The molecule has 0 bridgehead atoms. The fraction of sp³-hybridized carbons (Fsp3) is 0.750. The van der Waals surface area contributed by atoms with Crippen LogP contribution in [0, 0.1) is 0 Å². The van der Waals surface area contributed by atoms with Gasteiger partial charge < -0.3 is 54.3 Å². The number of hydrogen-bond donors (Lipinski definition) is 6. The van der Waals surface area contributed by atoms with E-state index in [2.05, 4.69) is 0 Å². The predicted octanol–water partition coefficient (Wildman–Crippen LogP) is -4.42. The first-order valence-corrected chi connectivity index (χ1v) is 12.3. The smallest absolute Gasteiger partial charge is 0.303 e. The highest BCUT2D eigenvalue weighted by Crippen LogP contribution is 2.52. The predicted molar refractivity (Wildman–Crippen MR) is 126 cm³/mol. The number of carbonyl (C=O) groups is 6. The van der Waals surface area contributed by atoms with Crippen LogP contribution in [0.4, 0.5) is 0 Å². The minimum Gasteiger partial charge on any atom is -0.443 e. The van der Waals surface area contributed by atoms with Gasteiger partial charge >= 0.3 is 11.9 Å². The van der Waals surface area contributed by atoms with Crippen LogP contribution in [0.3, 0.4) is 0 Å². The van der Waals surface area contributed by atoms with Crippen LogP contribution >= 0.6 is 0 Å². The number of rotatable bonds is 10. The average Bonchev–Trinajstić information content (AvgIpc) is 2.86. The number of hydrogen-bond acceptors (Lipinski definition) is 17. The van der Waals surface area contributed by atoms with Crippen LogP contribution in [-0.2, 0) is 52.5 Å². The lowest BCUT2D eigenvalue weighted by Gasteiger charge is -2.59. The van der Waals surface area contributed by atoms with Crippen LogP contribution in [-0.4, -0.2) is 138 Å². The molecule has 0 aromatic heterocycles. The first-order chi connectivity index (χ1) is 18.8. The zero-order valence-electron chi connectivity index (χ0n) is 23.0. The standard InChI is InChI=1S/C24H34O17/c1-8(26)18(35)22(9(2)27)24(11(4)29,40-13(6)31)23(10(3)28,39-12(5)30)19(36)21(41-22)38-20-17(34)16(33)15(32)14(7-25)37-20/h8,14-17,19-21,25-26,32-34,36H,7H2,1-6H3/t8?,14-,15-,16+,17-,19+,20-,21+,22-,23-,24-/m1/s1. The third kappa shape index (κ3) is 5.21. The lowest BCUT2D eigenvalue weighted by atomic mass is 9.58. The van der Waals surface area contributed by atoms with Gasteiger partial charge in [0, 0.05) is 13.8 Å². The van der Waals surface area contributed by atoms with Crippen molar-refractivity contribution in [1.29, 1.82) is 0 Å². The number of aliphatic hydroxyl groups is 6. The highest BCUT2D eigenvalue weighted by atomic mass is 16.8. The van der Waals surface area contributed by atoms with Crippen LogP contribution in [0.25, 0.3) is 0 Å². The van der Waals surface area contributed by atoms with E-state index in [1.165, 1.54) is 0 Å². The number of esters is 2. The Morgan fingerprint density at radius 1 is 0.780 bits per heavy atom. The third-order valence-corrected chi connectivity index (χ3v) is 6.95. The van der Waals surface area contributed by atoms with E-state index in [1.807, 2.05) is 0 Å². The van der Waals surface area contributed by atoms with Gasteiger partial charge in [0.05, 0.1) is 6.61 Å². The number of Topliss-reactive ketones (excluding diaryl/α,β-unsaturated/α-hetero) is 4. The first-order valence-electron chi connectivity index (χ1n) is 12.3. The molecule has 0 spiro atoms. The summed E-state index contributed by atoms with van der Waals surface area (Å²) in [6, 6.07) is 0. The van der Waals surface area contributed by atoms with E-state index < -0.39 is 108 Å². The second-order valence-corrected chi connectivity index (χ2v) is 9.76. The third-order valence-electron chi connectivity index (χ3n) is 6.95. The van der Waals surface area contributed by atoms with Gasteiger partial charge in [-0.05, 0) is 27.7 Å². The summed E-state index contributed by atoms with van der Waals surface area (Å²) in [4.78, 5) is 78.7. The molecule has 0 aromatic rings. The van der Waals surface area contributed by atoms with Gasteiger partial charge in [-0.25, -0.2) is 0 Å². The lowest BCUT2D eigenvalue weighted by molar-refractivity contribution is -0.398. The van der Waals surface area contributed by atoms with E-state index in [1.54, 1.807) is 0 Å². The molecule has 2 aliphatic rings. The molecule has 2 rings (SSSR count). The Kier molecular flexibility index (Phi) is 10.3. The molecular weight excluding hydrogens is 560 g/mol. The molecule has 2 aliphatic heterocycles. The van der Waals surface area contributed by atoms with Crippen molar-refractivity contribution in [2.45, 2.75) is 108 Å². The van der Waals surface area contributed by atoms with Crippen molar-refractivity contribution in [2.24, 2.45) is 0 Å². The summed E-state index contributed by atoms with van der Waals surface area (Å²) in [5, 5.41) is 61.9. The Morgan fingerprint density at radius 3 is 1.71 bits per heavy atom. The Bertz CT molecular complexity index is 1090. The van der Waals surface area contributed by atoms with E-state index in [0.29, 0.717) is 34.6 Å². The maximum absolute atomic E-state index is 13.6. The van der Waals surface area contributed by atoms with Crippen molar-refractivity contribution in [3.8, 4) is 0 Å². The van der Waals surface area contributed by atoms with Gasteiger partial charge in [-0.3, -0.25) is 28.8 Å². The highest BCUT2D eigenvalue weighted by molar-refractivity contribution is 6.20. The average molecular weight is 595 g/mol. The summed E-state index contributed by atoms with van der Waals surface area (Å²) < 4.78 is 26.5. The fourth-order valence-electron chi connectivity index (χ4n) is 5.26. The number of carbonyl (C=O) groups excluding carboxylic acids is 6. The Hall–Kier alpha value is -2.74. The van der Waals surface area contributed by atoms with Crippen LogP contribution in [0.2, 0.25) is 0 Å². The Labute approximate surface area is 232 Å². The topological polar surface area (TPSA) is 270 Å². The molecule has 0 amide bonds. The fourth-order valence-corrected chi connectivity index (χ4v) is 5.26. The van der Waals surface area contributed by atoms with Crippen LogP contribution < -0.4 is 0 Å². The van der Waals surface area contributed by atoms with Crippen molar-refractivity contribution in [1.82, 2.24) is 0 Å². The molecule has 41 heavy (non-hydrogen) atoms. The summed E-state index contributed by atoms with van der Waals surface area (Å²) in [5.74, 6) is -9.00. The summed E-state index contributed by atoms with van der Waals surface area (Å²) >= 11 is 0. The molecule has 0 radical (unpaired) electrons. The minimum absolute atomic E-state index is 0.631. The van der Waals surface area contributed by atoms with Gasteiger partial charge in [-0.15, -0.1) is 0 Å². The molecule has 17 heteroatoms. The van der Waals surface area contributed by atoms with Gasteiger partial charge in [0.25, 0.3) is 5.60 Å². The molecule has 1 unspecified atom stereocenters. The number of aliphatic hydroxyl groups excluding tert-OH is 6. The zero-order valence-corrected chi connectivity index (χ0v) is 23.0. The van der Waals surface area contributed by atoms with Crippen molar-refractivity contribution >= 4 is 35.1 Å². The first kappa shape index (κ1) is 34.5. The highest BCUT2D eigenvalue weighted by Gasteiger charge is 2.85. The van der Waals surface area contributed by atoms with Gasteiger partial charge in [-0.1, -0.05) is 0 Å². The van der Waals surface area contributed by atoms with E-state index >= 15 is 0 Å². The van der Waals surface area contributed by atoms with E-state index in [0.717, 1.165) is 6.92 Å². The lowest BCUT2D eigenvalue weighted by Crippen LogP contribution is -2.89. The maximum atomic E-state index is 13.6. The maximum Gasteiger partial charge on any atom is 0.303 e. The SMILES string of the molecule is CC(=O)O[C@]1(C(C)=O)[C@@](C(C)=O)(C(=O)C(C)O)O[C@H](O[C@H]2O[C@H](CO)[C@@H](O)[C@H](O)[C@H]2O)[C@H](O)[C@]1(OC(C)=O)C(C)=O. The van der Waals surface area contributed by atoms with Crippen LogP contribution in [0.1, 0.15) is 41.5 Å². The monoisotopic (exact) mass is 594 g/mol. The summed E-state index contributed by atoms with van der Waals surface area (Å²) in [6.07, 6.45) is -17.3. The molecule has 0 aliphatic carbocycles.